The van der Waals surface area contributed by atoms with E-state index in [2.05, 4.69) is 5.43 Å². The lowest BCUT2D eigenvalue weighted by Gasteiger charge is -2.14. The maximum Gasteiger partial charge on any atom is 0.261 e. The second kappa shape index (κ2) is 4.73. The van der Waals surface area contributed by atoms with Gasteiger partial charge in [-0.15, -0.1) is 11.3 Å². The summed E-state index contributed by atoms with van der Waals surface area (Å²) in [6, 6.07) is 7.04. The number of nitrogens with one attached hydrogen (secondary N) is 1. The van der Waals surface area contributed by atoms with E-state index in [0.717, 1.165) is 16.3 Å². The van der Waals surface area contributed by atoms with Gasteiger partial charge in [-0.05, 0) is 37.4 Å². The number of thiophene rings is 1. The van der Waals surface area contributed by atoms with Gasteiger partial charge in [0.2, 0.25) is 0 Å². The number of aromatic nitrogens is 1. The van der Waals surface area contributed by atoms with E-state index >= 15 is 0 Å². The van der Waals surface area contributed by atoms with E-state index in [1.807, 2.05) is 43.5 Å². The molecule has 2 aromatic rings. The van der Waals surface area contributed by atoms with Crippen molar-refractivity contribution in [3.05, 3.63) is 45.9 Å². The van der Waals surface area contributed by atoms with E-state index in [0.29, 0.717) is 0 Å². The van der Waals surface area contributed by atoms with E-state index in [9.17, 15) is 4.79 Å². The van der Waals surface area contributed by atoms with E-state index in [-0.39, 0.29) is 5.91 Å². The van der Waals surface area contributed by atoms with Gasteiger partial charge < -0.3 is 5.73 Å². The predicted molar refractivity (Wildman–Crippen MR) is 69.5 cm³/mol. The third-order valence-electron chi connectivity index (χ3n) is 2.63. The van der Waals surface area contributed by atoms with Crippen LogP contribution in [0.2, 0.25) is 0 Å². The molecule has 0 aromatic carbocycles. The summed E-state index contributed by atoms with van der Waals surface area (Å²) >= 11 is 1.49. The summed E-state index contributed by atoms with van der Waals surface area (Å²) in [6.45, 7) is 3.87. The summed E-state index contributed by atoms with van der Waals surface area (Å²) in [5.74, 6) is -0.199. The maximum atomic E-state index is 12.0. The molecule has 0 saturated carbocycles. The van der Waals surface area contributed by atoms with Crippen molar-refractivity contribution in [1.29, 1.82) is 0 Å². The molecule has 0 aliphatic carbocycles. The molecule has 5 heteroatoms. The number of aryl methyl sites for hydroxylation is 2. The van der Waals surface area contributed by atoms with Crippen LogP contribution < -0.4 is 11.2 Å². The molecule has 0 bridgehead atoms. The van der Waals surface area contributed by atoms with Gasteiger partial charge in [-0.3, -0.25) is 14.9 Å². The topological polar surface area (TPSA) is 60.0 Å². The fourth-order valence-corrected chi connectivity index (χ4v) is 2.35. The SMILES string of the molecule is Cc1ccc(C)n1NC(=O)C(N)c1cccs1. The van der Waals surface area contributed by atoms with Crippen LogP contribution in [0.15, 0.2) is 29.6 Å². The van der Waals surface area contributed by atoms with Crippen molar-refractivity contribution in [1.82, 2.24) is 4.68 Å². The summed E-state index contributed by atoms with van der Waals surface area (Å²) in [5.41, 5.74) is 10.7. The van der Waals surface area contributed by atoms with Gasteiger partial charge >= 0.3 is 0 Å². The molecule has 17 heavy (non-hydrogen) atoms. The zero-order valence-corrected chi connectivity index (χ0v) is 10.6. The van der Waals surface area contributed by atoms with Gasteiger partial charge in [0.15, 0.2) is 0 Å². The Bertz CT molecular complexity index is 496. The average Bonchev–Trinajstić information content (AvgIpc) is 2.93. The Morgan fingerprint density at radius 1 is 1.35 bits per heavy atom. The maximum absolute atomic E-state index is 12.0. The lowest BCUT2D eigenvalue weighted by atomic mass is 10.2. The first-order valence-corrected chi connectivity index (χ1v) is 6.22. The first-order valence-electron chi connectivity index (χ1n) is 5.34. The highest BCUT2D eigenvalue weighted by atomic mass is 32.1. The number of hydrogen-bond donors (Lipinski definition) is 2. The summed E-state index contributed by atoms with van der Waals surface area (Å²) in [6.07, 6.45) is 0. The Kier molecular flexibility index (Phi) is 3.31. The van der Waals surface area contributed by atoms with Crippen LogP contribution in [0.5, 0.6) is 0 Å². The van der Waals surface area contributed by atoms with Gasteiger partial charge in [0.25, 0.3) is 5.91 Å². The number of carbonyl (C=O) groups is 1. The molecular weight excluding hydrogens is 234 g/mol. The lowest BCUT2D eigenvalue weighted by Crippen LogP contribution is -2.33. The normalized spacial score (nSPS) is 12.4. The minimum Gasteiger partial charge on any atom is -0.315 e. The fraction of sp³-hybridized carbons (Fsp3) is 0.250. The molecule has 0 aliphatic heterocycles. The molecule has 1 amide bonds. The summed E-state index contributed by atoms with van der Waals surface area (Å²) < 4.78 is 1.75. The second-order valence-corrected chi connectivity index (χ2v) is 4.90. The molecule has 0 fully saturated rings. The lowest BCUT2D eigenvalue weighted by molar-refractivity contribution is -0.118. The minimum atomic E-state index is -0.615. The number of rotatable bonds is 3. The smallest absolute Gasteiger partial charge is 0.261 e. The van der Waals surface area contributed by atoms with Gasteiger partial charge in [-0.2, -0.15) is 0 Å². The van der Waals surface area contributed by atoms with Crippen molar-refractivity contribution >= 4 is 17.2 Å². The molecule has 2 heterocycles. The zero-order chi connectivity index (χ0) is 12.4. The zero-order valence-electron chi connectivity index (χ0n) is 9.81. The van der Waals surface area contributed by atoms with E-state index < -0.39 is 6.04 Å². The van der Waals surface area contributed by atoms with Crippen LogP contribution in [0.3, 0.4) is 0 Å². The number of amides is 1. The minimum absolute atomic E-state index is 0.199. The van der Waals surface area contributed by atoms with Crippen molar-refractivity contribution in [2.24, 2.45) is 5.73 Å². The summed E-state index contributed by atoms with van der Waals surface area (Å²) in [4.78, 5) is 12.8. The molecule has 0 radical (unpaired) electrons. The Balaban J connectivity index is 2.12. The predicted octanol–water partition coefficient (Wildman–Crippen LogP) is 1.94. The van der Waals surface area contributed by atoms with Crippen molar-refractivity contribution in [2.45, 2.75) is 19.9 Å². The summed E-state index contributed by atoms with van der Waals surface area (Å²) in [7, 11) is 0. The number of nitrogens with two attached hydrogens (primary N) is 1. The first-order chi connectivity index (χ1) is 8.09. The molecule has 4 nitrogen and oxygen atoms in total. The van der Waals surface area contributed by atoms with Crippen LogP contribution >= 0.6 is 11.3 Å². The van der Waals surface area contributed by atoms with E-state index in [1.54, 1.807) is 4.68 Å². The molecular formula is C12H15N3OS. The van der Waals surface area contributed by atoms with Crippen LogP contribution in [0.4, 0.5) is 0 Å². The molecule has 90 valence electrons. The molecule has 0 spiro atoms. The highest BCUT2D eigenvalue weighted by Gasteiger charge is 2.17. The number of nitrogens with zero attached hydrogens (tertiary/aromatic N) is 1. The Morgan fingerprint density at radius 2 is 2.00 bits per heavy atom. The van der Waals surface area contributed by atoms with Crippen LogP contribution in [-0.4, -0.2) is 10.6 Å². The second-order valence-electron chi connectivity index (χ2n) is 3.92. The van der Waals surface area contributed by atoms with Crippen LogP contribution in [0.25, 0.3) is 0 Å². The standard InChI is InChI=1S/C12H15N3OS/c1-8-5-6-9(2)15(8)14-12(16)11(13)10-4-3-7-17-10/h3-7,11H,13H2,1-2H3,(H,14,16). The molecule has 1 unspecified atom stereocenters. The summed E-state index contributed by atoms with van der Waals surface area (Å²) in [5, 5.41) is 1.91. The molecule has 0 saturated heterocycles. The molecule has 1 atom stereocenters. The van der Waals surface area contributed by atoms with Crippen LogP contribution in [0, 0.1) is 13.8 Å². The van der Waals surface area contributed by atoms with Gasteiger partial charge in [-0.25, -0.2) is 0 Å². The van der Waals surface area contributed by atoms with Gasteiger partial charge in [0.1, 0.15) is 6.04 Å². The van der Waals surface area contributed by atoms with Gasteiger partial charge in [-0.1, -0.05) is 6.07 Å². The third kappa shape index (κ3) is 2.40. The average molecular weight is 249 g/mol. The van der Waals surface area contributed by atoms with Crippen molar-refractivity contribution in [3.8, 4) is 0 Å². The largest absolute Gasteiger partial charge is 0.315 e. The van der Waals surface area contributed by atoms with E-state index in [1.165, 1.54) is 11.3 Å². The number of hydrogen-bond acceptors (Lipinski definition) is 3. The third-order valence-corrected chi connectivity index (χ3v) is 3.58. The number of carbonyl (C=O) groups excluding carboxylic acids is 1. The van der Waals surface area contributed by atoms with Crippen molar-refractivity contribution < 1.29 is 4.79 Å². The van der Waals surface area contributed by atoms with Crippen LogP contribution in [-0.2, 0) is 4.79 Å². The quantitative estimate of drug-likeness (QED) is 0.873. The van der Waals surface area contributed by atoms with E-state index in [4.69, 9.17) is 5.73 Å². The Labute approximate surface area is 104 Å². The molecule has 0 aliphatic rings. The highest BCUT2D eigenvalue weighted by molar-refractivity contribution is 7.10. The monoisotopic (exact) mass is 249 g/mol. The first kappa shape index (κ1) is 11.9. The Morgan fingerprint density at radius 3 is 2.53 bits per heavy atom. The van der Waals surface area contributed by atoms with Crippen LogP contribution in [0.1, 0.15) is 22.3 Å². The van der Waals surface area contributed by atoms with Gasteiger partial charge in [0.05, 0.1) is 0 Å². The van der Waals surface area contributed by atoms with Gasteiger partial charge in [0, 0.05) is 16.3 Å². The molecule has 2 aromatic heterocycles. The highest BCUT2D eigenvalue weighted by Crippen LogP contribution is 2.17. The molecule has 2 rings (SSSR count). The van der Waals surface area contributed by atoms with Crippen molar-refractivity contribution in [3.63, 3.8) is 0 Å². The van der Waals surface area contributed by atoms with Crippen molar-refractivity contribution in [2.75, 3.05) is 5.43 Å². The Hall–Kier alpha value is -1.59. The molecule has 3 N–H and O–H groups in total. The fourth-order valence-electron chi connectivity index (χ4n) is 1.62.